The van der Waals surface area contributed by atoms with E-state index in [2.05, 4.69) is 68.6 Å². The molecule has 0 saturated carbocycles. The van der Waals surface area contributed by atoms with Gasteiger partial charge in [0.2, 0.25) is 0 Å². The molecule has 0 aliphatic heterocycles. The highest BCUT2D eigenvalue weighted by atomic mass is 35.5. The third kappa shape index (κ3) is 3.37. The standard InChI is InChI=1S/C17H20ClN/c1-4-19-13(3)16-9-8-15(11-17(16)18)14-7-5-6-12(2)10-14/h5-11,13,19H,4H2,1-3H3. The van der Waals surface area contributed by atoms with Crippen molar-refractivity contribution in [2.45, 2.75) is 26.8 Å². The van der Waals surface area contributed by atoms with E-state index in [1.165, 1.54) is 16.7 Å². The topological polar surface area (TPSA) is 12.0 Å². The fraction of sp³-hybridized carbons (Fsp3) is 0.294. The van der Waals surface area contributed by atoms with Crippen molar-refractivity contribution < 1.29 is 0 Å². The summed E-state index contributed by atoms with van der Waals surface area (Å²) < 4.78 is 0. The van der Waals surface area contributed by atoms with E-state index < -0.39 is 0 Å². The monoisotopic (exact) mass is 273 g/mol. The van der Waals surface area contributed by atoms with E-state index in [1.54, 1.807) is 0 Å². The van der Waals surface area contributed by atoms with Crippen LogP contribution in [0.15, 0.2) is 42.5 Å². The molecule has 0 amide bonds. The first kappa shape index (κ1) is 14.1. The van der Waals surface area contributed by atoms with E-state index in [1.807, 2.05) is 0 Å². The molecule has 2 heteroatoms. The van der Waals surface area contributed by atoms with Crippen LogP contribution in [0.4, 0.5) is 0 Å². The van der Waals surface area contributed by atoms with Crippen LogP contribution in [0.1, 0.15) is 31.0 Å². The number of rotatable bonds is 4. The van der Waals surface area contributed by atoms with E-state index in [9.17, 15) is 0 Å². The molecular weight excluding hydrogens is 254 g/mol. The third-order valence-corrected chi connectivity index (χ3v) is 3.66. The molecule has 0 heterocycles. The number of halogens is 1. The first-order valence-corrected chi connectivity index (χ1v) is 7.09. The van der Waals surface area contributed by atoms with Gasteiger partial charge in [0.15, 0.2) is 0 Å². The zero-order valence-corrected chi connectivity index (χ0v) is 12.5. The lowest BCUT2D eigenvalue weighted by atomic mass is 10.00. The Hall–Kier alpha value is -1.31. The van der Waals surface area contributed by atoms with Gasteiger partial charge in [0.25, 0.3) is 0 Å². The van der Waals surface area contributed by atoms with Gasteiger partial charge < -0.3 is 5.32 Å². The minimum Gasteiger partial charge on any atom is -0.310 e. The summed E-state index contributed by atoms with van der Waals surface area (Å²) in [5, 5.41) is 4.21. The predicted molar refractivity (Wildman–Crippen MR) is 83.7 cm³/mol. The van der Waals surface area contributed by atoms with Crippen molar-refractivity contribution in [3.8, 4) is 11.1 Å². The zero-order valence-electron chi connectivity index (χ0n) is 11.7. The van der Waals surface area contributed by atoms with E-state index >= 15 is 0 Å². The molecule has 2 aromatic carbocycles. The summed E-state index contributed by atoms with van der Waals surface area (Å²) in [7, 11) is 0. The number of nitrogens with one attached hydrogen (secondary N) is 1. The average Bonchev–Trinajstić information content (AvgIpc) is 2.38. The Morgan fingerprint density at radius 1 is 1.11 bits per heavy atom. The van der Waals surface area contributed by atoms with Gasteiger partial charge in [-0.2, -0.15) is 0 Å². The molecule has 0 bridgehead atoms. The molecule has 1 N–H and O–H groups in total. The second kappa shape index (κ2) is 6.23. The lowest BCUT2D eigenvalue weighted by Gasteiger charge is -2.15. The van der Waals surface area contributed by atoms with Crippen LogP contribution in [0.5, 0.6) is 0 Å². The molecule has 0 aliphatic carbocycles. The van der Waals surface area contributed by atoms with Gasteiger partial charge in [0.05, 0.1) is 0 Å². The van der Waals surface area contributed by atoms with Gasteiger partial charge >= 0.3 is 0 Å². The molecule has 0 saturated heterocycles. The van der Waals surface area contributed by atoms with Gasteiger partial charge in [-0.3, -0.25) is 0 Å². The van der Waals surface area contributed by atoms with Crippen LogP contribution < -0.4 is 5.32 Å². The summed E-state index contributed by atoms with van der Waals surface area (Å²) in [5.74, 6) is 0. The highest BCUT2D eigenvalue weighted by Crippen LogP contribution is 2.29. The Kier molecular flexibility index (Phi) is 4.62. The molecule has 0 aliphatic rings. The maximum absolute atomic E-state index is 6.41. The quantitative estimate of drug-likeness (QED) is 0.828. The van der Waals surface area contributed by atoms with Crippen molar-refractivity contribution in [1.82, 2.24) is 5.32 Å². The zero-order chi connectivity index (χ0) is 13.8. The van der Waals surface area contributed by atoms with E-state index in [-0.39, 0.29) is 6.04 Å². The molecule has 1 unspecified atom stereocenters. The molecular formula is C17H20ClN. The van der Waals surface area contributed by atoms with Crippen molar-refractivity contribution >= 4 is 11.6 Å². The summed E-state index contributed by atoms with van der Waals surface area (Å²) in [5.41, 5.74) is 4.80. The van der Waals surface area contributed by atoms with Crippen LogP contribution in [-0.4, -0.2) is 6.54 Å². The molecule has 0 radical (unpaired) electrons. The van der Waals surface area contributed by atoms with Gasteiger partial charge in [-0.1, -0.05) is 60.5 Å². The Bertz CT molecular complexity index is 563. The first-order valence-electron chi connectivity index (χ1n) is 6.71. The summed E-state index contributed by atoms with van der Waals surface area (Å²) in [6.07, 6.45) is 0. The van der Waals surface area contributed by atoms with E-state index in [0.717, 1.165) is 17.1 Å². The van der Waals surface area contributed by atoms with Crippen molar-refractivity contribution in [3.63, 3.8) is 0 Å². The molecule has 1 nitrogen and oxygen atoms in total. The fourth-order valence-electron chi connectivity index (χ4n) is 2.30. The molecule has 1 atom stereocenters. The molecule has 2 aromatic rings. The third-order valence-electron chi connectivity index (χ3n) is 3.33. The SMILES string of the molecule is CCNC(C)c1ccc(-c2cccc(C)c2)cc1Cl. The van der Waals surface area contributed by atoms with Crippen LogP contribution in [0.3, 0.4) is 0 Å². The molecule has 100 valence electrons. The number of hydrogen-bond acceptors (Lipinski definition) is 1. The summed E-state index contributed by atoms with van der Waals surface area (Å²) in [4.78, 5) is 0. The molecule has 0 spiro atoms. The summed E-state index contributed by atoms with van der Waals surface area (Å²) >= 11 is 6.41. The highest BCUT2D eigenvalue weighted by molar-refractivity contribution is 6.31. The lowest BCUT2D eigenvalue weighted by Crippen LogP contribution is -2.17. The Labute approximate surface area is 120 Å². The van der Waals surface area contributed by atoms with Crippen molar-refractivity contribution in [2.24, 2.45) is 0 Å². The van der Waals surface area contributed by atoms with Crippen LogP contribution in [-0.2, 0) is 0 Å². The summed E-state index contributed by atoms with van der Waals surface area (Å²) in [6.45, 7) is 7.28. The molecule has 0 aromatic heterocycles. The van der Waals surface area contributed by atoms with E-state index in [0.29, 0.717) is 0 Å². The smallest absolute Gasteiger partial charge is 0.0459 e. The maximum atomic E-state index is 6.41. The van der Waals surface area contributed by atoms with Crippen LogP contribution in [0.25, 0.3) is 11.1 Å². The number of hydrogen-bond donors (Lipinski definition) is 1. The fourth-order valence-corrected chi connectivity index (χ4v) is 2.64. The molecule has 19 heavy (non-hydrogen) atoms. The Morgan fingerprint density at radius 3 is 2.47 bits per heavy atom. The van der Waals surface area contributed by atoms with Gasteiger partial charge in [-0.15, -0.1) is 0 Å². The van der Waals surface area contributed by atoms with Crippen LogP contribution >= 0.6 is 11.6 Å². The Morgan fingerprint density at radius 2 is 1.84 bits per heavy atom. The van der Waals surface area contributed by atoms with Gasteiger partial charge in [-0.25, -0.2) is 0 Å². The second-order valence-corrected chi connectivity index (χ2v) is 5.29. The summed E-state index contributed by atoms with van der Waals surface area (Å²) in [6, 6.07) is 15.1. The predicted octanol–water partition coefficient (Wildman–Crippen LogP) is 4.99. The largest absolute Gasteiger partial charge is 0.310 e. The normalized spacial score (nSPS) is 12.4. The second-order valence-electron chi connectivity index (χ2n) is 4.89. The average molecular weight is 274 g/mol. The molecule has 0 fully saturated rings. The van der Waals surface area contributed by atoms with Crippen molar-refractivity contribution in [3.05, 3.63) is 58.6 Å². The minimum absolute atomic E-state index is 0.282. The van der Waals surface area contributed by atoms with Gasteiger partial charge in [-0.05, 0) is 43.1 Å². The Balaban J connectivity index is 2.33. The van der Waals surface area contributed by atoms with Crippen LogP contribution in [0, 0.1) is 6.92 Å². The highest BCUT2D eigenvalue weighted by Gasteiger charge is 2.09. The maximum Gasteiger partial charge on any atom is 0.0459 e. The minimum atomic E-state index is 0.282. The van der Waals surface area contributed by atoms with Gasteiger partial charge in [0, 0.05) is 11.1 Å². The first-order chi connectivity index (χ1) is 9.11. The lowest BCUT2D eigenvalue weighted by molar-refractivity contribution is 0.598. The van der Waals surface area contributed by atoms with E-state index in [4.69, 9.17) is 11.6 Å². The van der Waals surface area contributed by atoms with Crippen molar-refractivity contribution in [1.29, 1.82) is 0 Å². The number of benzene rings is 2. The molecule has 2 rings (SSSR count). The van der Waals surface area contributed by atoms with Crippen molar-refractivity contribution in [2.75, 3.05) is 6.54 Å². The van der Waals surface area contributed by atoms with Gasteiger partial charge in [0.1, 0.15) is 0 Å². The van der Waals surface area contributed by atoms with Crippen LogP contribution in [0.2, 0.25) is 5.02 Å². The number of aryl methyl sites for hydroxylation is 1.